The van der Waals surface area contributed by atoms with Gasteiger partial charge in [-0.3, -0.25) is 9.59 Å². The van der Waals surface area contributed by atoms with Crippen LogP contribution in [0.15, 0.2) is 53.6 Å². The molecule has 0 N–H and O–H groups in total. The highest BCUT2D eigenvalue weighted by molar-refractivity contribution is 6.30. The maximum absolute atomic E-state index is 12.9. The third kappa shape index (κ3) is 2.12. The molecule has 0 unspecified atom stereocenters. The SMILES string of the molecule is O=C1c2ccc3c4c(ccc(c24)C(=O)N1/N=C\c1ccc(Cl)cc1)CC3. The second-order valence-corrected chi connectivity index (χ2v) is 6.95. The topological polar surface area (TPSA) is 49.7 Å². The number of imide groups is 1. The Kier molecular flexibility index (Phi) is 3.24. The van der Waals surface area contributed by atoms with E-state index in [1.165, 1.54) is 17.3 Å². The van der Waals surface area contributed by atoms with Gasteiger partial charge in [-0.1, -0.05) is 35.9 Å². The molecule has 0 spiro atoms. The number of nitrogens with zero attached hydrogens (tertiary/aromatic N) is 2. The fourth-order valence-corrected chi connectivity index (χ4v) is 3.91. The summed E-state index contributed by atoms with van der Waals surface area (Å²) in [6, 6.07) is 14.6. The van der Waals surface area contributed by atoms with Crippen LogP contribution in [0.4, 0.5) is 0 Å². The van der Waals surface area contributed by atoms with Crippen molar-refractivity contribution in [2.45, 2.75) is 12.8 Å². The molecule has 2 aliphatic rings. The number of hydrogen-bond acceptors (Lipinski definition) is 3. The average molecular weight is 361 g/mol. The molecule has 126 valence electrons. The quantitative estimate of drug-likeness (QED) is 0.507. The normalized spacial score (nSPS) is 15.5. The highest BCUT2D eigenvalue weighted by atomic mass is 35.5. The van der Waals surface area contributed by atoms with Crippen molar-refractivity contribution in [3.8, 4) is 0 Å². The zero-order valence-electron chi connectivity index (χ0n) is 13.7. The molecule has 0 bridgehead atoms. The van der Waals surface area contributed by atoms with Gasteiger partial charge in [0.25, 0.3) is 11.8 Å². The number of rotatable bonds is 2. The molecule has 5 rings (SSSR count). The fourth-order valence-electron chi connectivity index (χ4n) is 3.78. The smallest absolute Gasteiger partial charge is 0.267 e. The first kappa shape index (κ1) is 15.3. The van der Waals surface area contributed by atoms with E-state index in [0.717, 1.165) is 34.2 Å². The number of carbonyl (C=O) groups is 2. The molecular formula is C21H13ClN2O2. The molecule has 0 saturated carbocycles. The standard InChI is InChI=1S/C21H13ClN2O2/c22-15-7-1-12(2-8-15)11-23-24-20(25)16-9-5-13-3-4-14-6-10-17(21(24)26)19(16)18(13)14/h1-2,5-11H,3-4H2/b23-11-. The molecule has 0 fully saturated rings. The lowest BCUT2D eigenvalue weighted by molar-refractivity contribution is 0.0616. The maximum Gasteiger partial charge on any atom is 0.282 e. The summed E-state index contributed by atoms with van der Waals surface area (Å²) in [7, 11) is 0. The Morgan fingerprint density at radius 3 is 1.96 bits per heavy atom. The van der Waals surface area contributed by atoms with E-state index in [4.69, 9.17) is 11.6 Å². The molecule has 1 heterocycles. The number of halogens is 1. The lowest BCUT2D eigenvalue weighted by Crippen LogP contribution is -2.36. The molecular weight excluding hydrogens is 348 g/mol. The summed E-state index contributed by atoms with van der Waals surface area (Å²) in [5.41, 5.74) is 4.25. The fraction of sp³-hybridized carbons (Fsp3) is 0.0952. The first-order chi connectivity index (χ1) is 12.6. The van der Waals surface area contributed by atoms with Crippen molar-refractivity contribution < 1.29 is 9.59 Å². The molecule has 3 aromatic carbocycles. The van der Waals surface area contributed by atoms with Gasteiger partial charge in [0.2, 0.25) is 0 Å². The highest BCUT2D eigenvalue weighted by Gasteiger charge is 2.34. The van der Waals surface area contributed by atoms with E-state index < -0.39 is 0 Å². The van der Waals surface area contributed by atoms with E-state index in [-0.39, 0.29) is 11.8 Å². The number of aryl methyl sites for hydroxylation is 2. The van der Waals surface area contributed by atoms with Crippen molar-refractivity contribution in [3.63, 3.8) is 0 Å². The summed E-state index contributed by atoms with van der Waals surface area (Å²) in [6.45, 7) is 0. The van der Waals surface area contributed by atoms with Gasteiger partial charge in [-0.05, 0) is 59.2 Å². The van der Waals surface area contributed by atoms with Crippen LogP contribution in [0.3, 0.4) is 0 Å². The Balaban J connectivity index is 1.62. The van der Waals surface area contributed by atoms with E-state index in [1.807, 2.05) is 24.3 Å². The van der Waals surface area contributed by atoms with Crippen LogP contribution in [0.5, 0.6) is 0 Å². The average Bonchev–Trinajstić information content (AvgIpc) is 3.08. The third-order valence-corrected chi connectivity index (χ3v) is 5.29. The lowest BCUT2D eigenvalue weighted by Gasteiger charge is -2.23. The summed E-state index contributed by atoms with van der Waals surface area (Å²) in [5, 5.41) is 7.58. The van der Waals surface area contributed by atoms with Gasteiger partial charge in [0.05, 0.1) is 17.3 Å². The van der Waals surface area contributed by atoms with Gasteiger partial charge >= 0.3 is 0 Å². The molecule has 2 amide bonds. The lowest BCUT2D eigenvalue weighted by atomic mass is 9.92. The summed E-state index contributed by atoms with van der Waals surface area (Å²) >= 11 is 5.88. The van der Waals surface area contributed by atoms with E-state index in [9.17, 15) is 9.59 Å². The molecule has 3 aromatic rings. The van der Waals surface area contributed by atoms with E-state index >= 15 is 0 Å². The molecule has 0 atom stereocenters. The van der Waals surface area contributed by atoms with Crippen molar-refractivity contribution in [1.82, 2.24) is 5.01 Å². The molecule has 1 aliphatic heterocycles. The number of benzene rings is 3. The predicted molar refractivity (Wildman–Crippen MR) is 101 cm³/mol. The minimum Gasteiger partial charge on any atom is -0.267 e. The molecule has 0 aromatic heterocycles. The molecule has 0 saturated heterocycles. The second kappa shape index (κ2) is 5.51. The molecule has 4 nitrogen and oxygen atoms in total. The number of carbonyl (C=O) groups excluding carboxylic acids is 2. The van der Waals surface area contributed by atoms with Crippen molar-refractivity contribution in [2.75, 3.05) is 0 Å². The Morgan fingerprint density at radius 2 is 1.38 bits per heavy atom. The van der Waals surface area contributed by atoms with Gasteiger partial charge in [-0.25, -0.2) is 0 Å². The largest absolute Gasteiger partial charge is 0.282 e. The monoisotopic (exact) mass is 360 g/mol. The second-order valence-electron chi connectivity index (χ2n) is 6.51. The van der Waals surface area contributed by atoms with Crippen LogP contribution >= 0.6 is 11.6 Å². The minimum atomic E-state index is -0.386. The number of amides is 2. The highest BCUT2D eigenvalue weighted by Crippen LogP contribution is 2.38. The molecule has 5 heteroatoms. The van der Waals surface area contributed by atoms with Crippen LogP contribution in [0.25, 0.3) is 10.8 Å². The molecule has 0 radical (unpaired) electrons. The summed E-state index contributed by atoms with van der Waals surface area (Å²) < 4.78 is 0. The summed E-state index contributed by atoms with van der Waals surface area (Å²) in [5.74, 6) is -0.772. The number of hydrazone groups is 1. The molecule has 1 aliphatic carbocycles. The van der Waals surface area contributed by atoms with Crippen molar-refractivity contribution in [1.29, 1.82) is 0 Å². The number of hydrogen-bond donors (Lipinski definition) is 0. The predicted octanol–water partition coefficient (Wildman–Crippen LogP) is 4.22. The Morgan fingerprint density at radius 1 is 0.808 bits per heavy atom. The minimum absolute atomic E-state index is 0.386. The third-order valence-electron chi connectivity index (χ3n) is 5.03. The van der Waals surface area contributed by atoms with Crippen LogP contribution in [0, 0.1) is 0 Å². The molecule has 26 heavy (non-hydrogen) atoms. The van der Waals surface area contributed by atoms with Gasteiger partial charge in [0, 0.05) is 10.4 Å². The maximum atomic E-state index is 12.9. The van der Waals surface area contributed by atoms with Crippen LogP contribution in [-0.2, 0) is 12.8 Å². The Labute approximate surface area is 154 Å². The Hall–Kier alpha value is -2.98. The van der Waals surface area contributed by atoms with Crippen molar-refractivity contribution in [3.05, 3.63) is 81.4 Å². The van der Waals surface area contributed by atoms with Crippen LogP contribution in [0.1, 0.15) is 37.4 Å². The van der Waals surface area contributed by atoms with E-state index in [1.54, 1.807) is 24.3 Å². The van der Waals surface area contributed by atoms with Crippen LogP contribution in [0.2, 0.25) is 5.02 Å². The van der Waals surface area contributed by atoms with Crippen molar-refractivity contribution >= 4 is 40.4 Å². The van der Waals surface area contributed by atoms with Gasteiger partial charge < -0.3 is 0 Å². The van der Waals surface area contributed by atoms with Gasteiger partial charge in [0.15, 0.2) is 0 Å². The first-order valence-corrected chi connectivity index (χ1v) is 8.77. The zero-order valence-corrected chi connectivity index (χ0v) is 14.5. The van der Waals surface area contributed by atoms with Crippen LogP contribution in [-0.4, -0.2) is 23.0 Å². The van der Waals surface area contributed by atoms with Gasteiger partial charge in [-0.2, -0.15) is 10.1 Å². The van der Waals surface area contributed by atoms with Gasteiger partial charge in [-0.15, -0.1) is 0 Å². The van der Waals surface area contributed by atoms with Crippen LogP contribution < -0.4 is 0 Å². The van der Waals surface area contributed by atoms with Gasteiger partial charge in [0.1, 0.15) is 0 Å². The Bertz CT molecular complexity index is 1070. The summed E-state index contributed by atoms with van der Waals surface area (Å²) in [4.78, 5) is 25.8. The zero-order chi connectivity index (χ0) is 17.8. The van der Waals surface area contributed by atoms with E-state index in [0.29, 0.717) is 16.1 Å². The first-order valence-electron chi connectivity index (χ1n) is 8.39. The van der Waals surface area contributed by atoms with Crippen molar-refractivity contribution in [2.24, 2.45) is 5.10 Å². The summed E-state index contributed by atoms with van der Waals surface area (Å²) in [6.07, 6.45) is 3.40. The van der Waals surface area contributed by atoms with E-state index in [2.05, 4.69) is 5.10 Å².